The summed E-state index contributed by atoms with van der Waals surface area (Å²) < 4.78 is 0. The van der Waals surface area contributed by atoms with Gasteiger partial charge in [-0.25, -0.2) is 4.98 Å². The second-order valence-electron chi connectivity index (χ2n) is 4.73. The van der Waals surface area contributed by atoms with E-state index in [4.69, 9.17) is 0 Å². The molecule has 0 aliphatic carbocycles. The zero-order valence-electron chi connectivity index (χ0n) is 9.93. The van der Waals surface area contributed by atoms with Gasteiger partial charge in [-0.3, -0.25) is 0 Å². The second-order valence-corrected chi connectivity index (χ2v) is 5.76. The maximum absolute atomic E-state index is 4.63. The van der Waals surface area contributed by atoms with Gasteiger partial charge in [0.2, 0.25) is 0 Å². The molecule has 80 valence electrons. The van der Waals surface area contributed by atoms with Crippen LogP contribution in [0, 0.1) is 6.92 Å². The first-order chi connectivity index (χ1) is 6.36. The Hall–Kier alpha value is -0.410. The molecule has 0 fully saturated rings. The molecule has 0 saturated carbocycles. The number of aromatic nitrogens is 1. The van der Waals surface area contributed by atoms with E-state index in [-0.39, 0.29) is 5.41 Å². The molecule has 1 atom stereocenters. The van der Waals surface area contributed by atoms with E-state index in [1.165, 1.54) is 15.6 Å². The number of hydrogen-bond acceptors (Lipinski definition) is 3. The number of nitrogens with one attached hydrogen (secondary N) is 1. The predicted molar refractivity (Wildman–Crippen MR) is 63.0 cm³/mol. The van der Waals surface area contributed by atoms with Crippen LogP contribution in [0.2, 0.25) is 0 Å². The minimum Gasteiger partial charge on any atom is -0.312 e. The Labute approximate surface area is 90.8 Å². The smallest absolute Gasteiger partial charge is 0.0985 e. The van der Waals surface area contributed by atoms with Gasteiger partial charge < -0.3 is 5.32 Å². The molecule has 1 heterocycles. The van der Waals surface area contributed by atoms with E-state index in [0.717, 1.165) is 0 Å². The fourth-order valence-corrected chi connectivity index (χ4v) is 2.45. The van der Waals surface area contributed by atoms with Crippen LogP contribution in [0.25, 0.3) is 0 Å². The number of aryl methyl sites for hydroxylation is 1. The largest absolute Gasteiger partial charge is 0.312 e. The molecule has 0 radical (unpaired) electrons. The minimum atomic E-state index is 0.168. The SMILES string of the molecule is CNC(C)c1sc(C(C)(C)C)nc1C. The van der Waals surface area contributed by atoms with Crippen molar-refractivity contribution in [2.45, 2.75) is 46.1 Å². The molecule has 0 aliphatic heterocycles. The van der Waals surface area contributed by atoms with E-state index in [1.807, 2.05) is 18.4 Å². The molecule has 1 unspecified atom stereocenters. The average molecular weight is 212 g/mol. The van der Waals surface area contributed by atoms with E-state index >= 15 is 0 Å². The molecule has 0 spiro atoms. The number of thiazole rings is 1. The molecule has 1 aromatic rings. The lowest BCUT2D eigenvalue weighted by molar-refractivity contribution is 0.584. The van der Waals surface area contributed by atoms with Crippen LogP contribution in [-0.2, 0) is 5.41 Å². The van der Waals surface area contributed by atoms with Crippen molar-refractivity contribution < 1.29 is 0 Å². The molecule has 3 heteroatoms. The van der Waals surface area contributed by atoms with E-state index in [1.54, 1.807) is 0 Å². The van der Waals surface area contributed by atoms with Crippen LogP contribution in [0.1, 0.15) is 49.3 Å². The zero-order valence-corrected chi connectivity index (χ0v) is 10.7. The molecule has 1 N–H and O–H groups in total. The van der Waals surface area contributed by atoms with E-state index in [2.05, 4.69) is 44.9 Å². The highest BCUT2D eigenvalue weighted by Gasteiger charge is 2.21. The topological polar surface area (TPSA) is 24.9 Å². The van der Waals surface area contributed by atoms with Crippen LogP contribution >= 0.6 is 11.3 Å². The third-order valence-electron chi connectivity index (χ3n) is 2.30. The van der Waals surface area contributed by atoms with Gasteiger partial charge in [-0.15, -0.1) is 11.3 Å². The maximum Gasteiger partial charge on any atom is 0.0985 e. The Morgan fingerprint density at radius 1 is 1.36 bits per heavy atom. The van der Waals surface area contributed by atoms with Crippen LogP contribution < -0.4 is 5.32 Å². The highest BCUT2D eigenvalue weighted by atomic mass is 32.1. The van der Waals surface area contributed by atoms with Crippen molar-refractivity contribution in [1.29, 1.82) is 0 Å². The lowest BCUT2D eigenvalue weighted by atomic mass is 9.98. The van der Waals surface area contributed by atoms with Gasteiger partial charge in [0, 0.05) is 16.3 Å². The van der Waals surface area contributed by atoms with Gasteiger partial charge in [0.15, 0.2) is 0 Å². The van der Waals surface area contributed by atoms with Gasteiger partial charge in [0.25, 0.3) is 0 Å². The molecule has 14 heavy (non-hydrogen) atoms. The Morgan fingerprint density at radius 3 is 2.29 bits per heavy atom. The van der Waals surface area contributed by atoms with E-state index < -0.39 is 0 Å². The van der Waals surface area contributed by atoms with Crippen molar-refractivity contribution in [2.24, 2.45) is 0 Å². The number of hydrogen-bond donors (Lipinski definition) is 1. The molecular formula is C11H20N2S. The molecule has 2 nitrogen and oxygen atoms in total. The molecule has 1 rings (SSSR count). The first kappa shape index (κ1) is 11.7. The lowest BCUT2D eigenvalue weighted by Crippen LogP contribution is -2.11. The van der Waals surface area contributed by atoms with Crippen molar-refractivity contribution in [3.8, 4) is 0 Å². The quantitative estimate of drug-likeness (QED) is 0.815. The zero-order chi connectivity index (χ0) is 10.9. The van der Waals surface area contributed by atoms with Gasteiger partial charge in [-0.2, -0.15) is 0 Å². The summed E-state index contributed by atoms with van der Waals surface area (Å²) in [5.74, 6) is 0. The molecular weight excluding hydrogens is 192 g/mol. The summed E-state index contributed by atoms with van der Waals surface area (Å²) in [6.45, 7) is 10.9. The third kappa shape index (κ3) is 2.34. The third-order valence-corrected chi connectivity index (χ3v) is 4.07. The van der Waals surface area contributed by atoms with Crippen LogP contribution in [0.5, 0.6) is 0 Å². The monoisotopic (exact) mass is 212 g/mol. The fraction of sp³-hybridized carbons (Fsp3) is 0.727. The summed E-state index contributed by atoms with van der Waals surface area (Å²) in [6.07, 6.45) is 0. The van der Waals surface area contributed by atoms with Gasteiger partial charge in [-0.05, 0) is 20.9 Å². The summed E-state index contributed by atoms with van der Waals surface area (Å²) in [5, 5.41) is 4.49. The van der Waals surface area contributed by atoms with Gasteiger partial charge in [-0.1, -0.05) is 20.8 Å². The maximum atomic E-state index is 4.63. The van der Waals surface area contributed by atoms with Crippen LogP contribution in [0.4, 0.5) is 0 Å². The number of nitrogens with zero attached hydrogens (tertiary/aromatic N) is 1. The first-order valence-electron chi connectivity index (χ1n) is 5.01. The molecule has 0 bridgehead atoms. The lowest BCUT2D eigenvalue weighted by Gasteiger charge is -2.13. The first-order valence-corrected chi connectivity index (χ1v) is 5.83. The average Bonchev–Trinajstić information content (AvgIpc) is 2.45. The van der Waals surface area contributed by atoms with E-state index in [0.29, 0.717) is 6.04 Å². The van der Waals surface area contributed by atoms with Crippen molar-refractivity contribution in [1.82, 2.24) is 10.3 Å². The molecule has 0 saturated heterocycles. The van der Waals surface area contributed by atoms with Crippen LogP contribution in [-0.4, -0.2) is 12.0 Å². The highest BCUT2D eigenvalue weighted by molar-refractivity contribution is 7.12. The number of rotatable bonds is 2. The molecule has 1 aromatic heterocycles. The summed E-state index contributed by atoms with van der Waals surface area (Å²) in [6, 6.07) is 0.406. The normalized spacial score (nSPS) is 14.4. The Balaban J connectivity index is 3.05. The van der Waals surface area contributed by atoms with Crippen molar-refractivity contribution >= 4 is 11.3 Å². The highest BCUT2D eigenvalue weighted by Crippen LogP contribution is 2.32. The minimum absolute atomic E-state index is 0.168. The summed E-state index contributed by atoms with van der Waals surface area (Å²) >= 11 is 1.83. The van der Waals surface area contributed by atoms with E-state index in [9.17, 15) is 0 Å². The Kier molecular flexibility index (Phi) is 3.32. The Morgan fingerprint density at radius 2 is 1.93 bits per heavy atom. The standard InChI is InChI=1S/C11H20N2S/c1-7(12-6)9-8(2)13-10(14-9)11(3,4)5/h7,12H,1-6H3. The summed E-state index contributed by atoms with van der Waals surface area (Å²) in [4.78, 5) is 5.99. The predicted octanol–water partition coefficient (Wildman–Crippen LogP) is 3.03. The molecule has 0 amide bonds. The van der Waals surface area contributed by atoms with Crippen LogP contribution in [0.15, 0.2) is 0 Å². The van der Waals surface area contributed by atoms with Gasteiger partial charge in [0.05, 0.1) is 10.7 Å². The van der Waals surface area contributed by atoms with Crippen LogP contribution in [0.3, 0.4) is 0 Å². The van der Waals surface area contributed by atoms with Crippen molar-refractivity contribution in [3.63, 3.8) is 0 Å². The summed E-state index contributed by atoms with van der Waals surface area (Å²) in [5.41, 5.74) is 1.34. The summed E-state index contributed by atoms with van der Waals surface area (Å²) in [7, 11) is 1.99. The Bertz CT molecular complexity index is 310. The van der Waals surface area contributed by atoms with Crippen molar-refractivity contribution in [2.75, 3.05) is 7.05 Å². The van der Waals surface area contributed by atoms with Gasteiger partial charge in [0.1, 0.15) is 0 Å². The molecule has 0 aliphatic rings. The second kappa shape index (κ2) is 3.99. The fourth-order valence-electron chi connectivity index (χ4n) is 1.26. The molecule has 0 aromatic carbocycles. The van der Waals surface area contributed by atoms with Crippen molar-refractivity contribution in [3.05, 3.63) is 15.6 Å². The van der Waals surface area contributed by atoms with Gasteiger partial charge >= 0.3 is 0 Å².